The highest BCUT2D eigenvalue weighted by molar-refractivity contribution is 7.49. The van der Waals surface area contributed by atoms with Crippen LogP contribution in [-0.2, 0) is 33.1 Å². The number of phosphoric ester groups is 1. The topological polar surface area (TPSA) is 176 Å². The molecule has 0 spiro atoms. The Morgan fingerprint density at radius 1 is 0.871 bits per heavy atom. The highest BCUT2D eigenvalue weighted by atomic mass is 35.5. The fourth-order valence-electron chi connectivity index (χ4n) is 6.81. The first kappa shape index (κ1) is 46.5. The molecule has 0 radical (unpaired) electrons. The third kappa shape index (κ3) is 10.3. The lowest BCUT2D eigenvalue weighted by molar-refractivity contribution is -0.0951. The summed E-state index contributed by atoms with van der Waals surface area (Å²) in [7, 11) is -4.31. The van der Waals surface area contributed by atoms with Crippen molar-refractivity contribution in [2.24, 2.45) is 0 Å². The van der Waals surface area contributed by atoms with E-state index in [1.54, 1.807) is 32.4 Å². The van der Waals surface area contributed by atoms with E-state index in [1.807, 2.05) is 98.0 Å². The van der Waals surface area contributed by atoms with Gasteiger partial charge in [0.05, 0.1) is 44.9 Å². The van der Waals surface area contributed by atoms with Crippen LogP contribution in [0.5, 0.6) is 17.2 Å². The Bertz CT molecular complexity index is 2380. The summed E-state index contributed by atoms with van der Waals surface area (Å²) in [6, 6.07) is 34.6. The van der Waals surface area contributed by atoms with E-state index >= 15 is 4.57 Å². The van der Waals surface area contributed by atoms with Crippen molar-refractivity contribution < 1.29 is 41.5 Å². The summed E-state index contributed by atoms with van der Waals surface area (Å²) in [6.45, 7) is 9.70. The number of nitrogens with zero attached hydrogens (tertiary/aromatic N) is 3. The molecule has 1 unspecified atom stereocenters. The lowest BCUT2D eigenvalue weighted by Gasteiger charge is -2.41. The van der Waals surface area contributed by atoms with Gasteiger partial charge in [0.1, 0.15) is 47.0 Å². The molecular formula is C45H52ClN4O10PSi. The number of nitrogen functional groups attached to an aromatic ring is 1. The molecule has 5 atom stereocenters. The monoisotopic (exact) mass is 902 g/mol. The Morgan fingerprint density at radius 3 is 2.00 bits per heavy atom. The summed E-state index contributed by atoms with van der Waals surface area (Å²) >= 11 is 6.50. The van der Waals surface area contributed by atoms with Gasteiger partial charge >= 0.3 is 13.5 Å². The highest BCUT2D eigenvalue weighted by Crippen LogP contribution is 2.55. The molecule has 17 heteroatoms. The smallest absolute Gasteiger partial charge is 0.497 e. The van der Waals surface area contributed by atoms with Gasteiger partial charge in [-0.15, -0.1) is 0 Å². The highest BCUT2D eigenvalue weighted by Gasteiger charge is 2.55. The van der Waals surface area contributed by atoms with E-state index in [1.165, 1.54) is 22.9 Å². The van der Waals surface area contributed by atoms with Gasteiger partial charge in [0, 0.05) is 6.20 Å². The van der Waals surface area contributed by atoms with E-state index in [2.05, 4.69) is 25.8 Å². The third-order valence-electron chi connectivity index (χ3n) is 11.0. The number of ether oxygens (including phenoxy) is 4. The summed E-state index contributed by atoms with van der Waals surface area (Å²) in [6.07, 6.45) is -3.46. The predicted molar refractivity (Wildman–Crippen MR) is 238 cm³/mol. The summed E-state index contributed by atoms with van der Waals surface area (Å²) in [5, 5.41) is 9.21. The lowest BCUT2D eigenvalue weighted by atomic mass is 9.80. The Hall–Kier alpha value is -5.01. The summed E-state index contributed by atoms with van der Waals surface area (Å²) in [5.41, 5.74) is 6.16. The number of para-hydroxylation sites is 1. The van der Waals surface area contributed by atoms with Crippen molar-refractivity contribution >= 4 is 33.6 Å². The maximum absolute atomic E-state index is 15.1. The van der Waals surface area contributed by atoms with E-state index in [9.17, 15) is 10.1 Å². The van der Waals surface area contributed by atoms with Crippen molar-refractivity contribution in [2.45, 2.75) is 75.5 Å². The summed E-state index contributed by atoms with van der Waals surface area (Å²) in [4.78, 5) is 17.7. The number of phosphoric acid groups is 1. The van der Waals surface area contributed by atoms with Gasteiger partial charge in [0.15, 0.2) is 14.5 Å². The molecule has 62 heavy (non-hydrogen) atoms. The van der Waals surface area contributed by atoms with Gasteiger partial charge in [-0.1, -0.05) is 99.1 Å². The first-order chi connectivity index (χ1) is 29.5. The zero-order valence-electron chi connectivity index (χ0n) is 35.7. The van der Waals surface area contributed by atoms with E-state index in [4.69, 9.17) is 54.3 Å². The number of benzene rings is 4. The van der Waals surface area contributed by atoms with Crippen LogP contribution in [-0.4, -0.2) is 63.6 Å². The number of methoxy groups -OCH3 is 2. The minimum absolute atomic E-state index is 0.00829. The maximum Gasteiger partial charge on any atom is 0.530 e. The minimum atomic E-state index is -4.71. The first-order valence-electron chi connectivity index (χ1n) is 19.9. The van der Waals surface area contributed by atoms with Crippen LogP contribution in [0.3, 0.4) is 0 Å². The fourth-order valence-corrected chi connectivity index (χ4v) is 9.74. The number of anilines is 1. The molecule has 1 fully saturated rings. The molecule has 2 N–H and O–H groups in total. The maximum atomic E-state index is 15.1. The summed E-state index contributed by atoms with van der Waals surface area (Å²) < 4.78 is 67.1. The molecule has 0 aliphatic carbocycles. The van der Waals surface area contributed by atoms with Crippen LogP contribution in [0, 0.1) is 11.3 Å². The molecule has 0 bridgehead atoms. The van der Waals surface area contributed by atoms with Gasteiger partial charge in [-0.2, -0.15) is 10.2 Å². The fraction of sp³-hybridized carbons (Fsp3) is 0.356. The SMILES string of the molecule is COc1ccc(C(OC[C@H]2O[C@@H](n3ccc(N)nc3=O)[C@H](O[Si](C)(C)C(C)(C)C)[C@@H]2OP(=O)(OCCC#N)Oc2ccccc2Cl)(c2ccccc2)c2ccc(OC)cc2)cc1. The van der Waals surface area contributed by atoms with E-state index in [0.29, 0.717) is 11.5 Å². The van der Waals surface area contributed by atoms with Crippen molar-refractivity contribution in [1.29, 1.82) is 5.26 Å². The van der Waals surface area contributed by atoms with Crippen molar-refractivity contribution in [1.82, 2.24) is 9.55 Å². The Balaban J connectivity index is 1.54. The average Bonchev–Trinajstić information content (AvgIpc) is 3.56. The quantitative estimate of drug-likeness (QED) is 0.0382. The van der Waals surface area contributed by atoms with Gasteiger partial charge in [-0.05, 0) is 77.3 Å². The van der Waals surface area contributed by atoms with Crippen molar-refractivity contribution in [2.75, 3.05) is 33.2 Å². The van der Waals surface area contributed by atoms with Gasteiger partial charge in [-0.3, -0.25) is 13.6 Å². The number of nitrogens with two attached hydrogens (primary N) is 1. The third-order valence-corrected chi connectivity index (χ3v) is 17.3. The van der Waals surface area contributed by atoms with E-state index in [0.717, 1.165) is 16.7 Å². The second kappa shape index (κ2) is 19.6. The van der Waals surface area contributed by atoms with Gasteiger partial charge < -0.3 is 33.6 Å². The second-order valence-corrected chi connectivity index (χ2v) is 22.8. The number of nitriles is 1. The normalized spacial score (nSPS) is 19.0. The van der Waals surface area contributed by atoms with E-state index < -0.39 is 52.0 Å². The molecule has 1 aromatic heterocycles. The van der Waals surface area contributed by atoms with Crippen molar-refractivity contribution in [3.63, 3.8) is 0 Å². The van der Waals surface area contributed by atoms with E-state index in [-0.39, 0.29) is 41.3 Å². The zero-order chi connectivity index (χ0) is 44.7. The van der Waals surface area contributed by atoms with Crippen LogP contribution in [0.15, 0.2) is 120 Å². The second-order valence-electron chi connectivity index (χ2n) is 16.0. The van der Waals surface area contributed by atoms with Crippen LogP contribution >= 0.6 is 19.4 Å². The molecule has 1 aliphatic rings. The molecule has 0 amide bonds. The van der Waals surface area contributed by atoms with Gasteiger partial charge in [0.25, 0.3) is 0 Å². The van der Waals surface area contributed by atoms with Crippen LogP contribution in [0.25, 0.3) is 0 Å². The molecule has 2 heterocycles. The minimum Gasteiger partial charge on any atom is -0.497 e. The molecule has 6 rings (SSSR count). The average molecular weight is 903 g/mol. The van der Waals surface area contributed by atoms with Crippen LogP contribution in [0.2, 0.25) is 23.2 Å². The molecule has 1 aliphatic heterocycles. The zero-order valence-corrected chi connectivity index (χ0v) is 38.4. The Morgan fingerprint density at radius 2 is 1.45 bits per heavy atom. The first-order valence-corrected chi connectivity index (χ1v) is 24.7. The largest absolute Gasteiger partial charge is 0.530 e. The summed E-state index contributed by atoms with van der Waals surface area (Å²) in [5.74, 6) is 1.30. The Labute approximate surface area is 368 Å². The number of hydrogen-bond donors (Lipinski definition) is 1. The molecular weight excluding hydrogens is 851 g/mol. The number of aromatic nitrogens is 2. The van der Waals surface area contributed by atoms with Crippen LogP contribution in [0.1, 0.15) is 50.1 Å². The standard InChI is InChI=1S/C45H52ClN4O10PSi/c1-44(2,3)62(6,7)60-41-40(59-61(52,56-29-13-27-47)58-37-17-12-11-16-36(37)46)38(57-42(41)50-28-26-39(48)49-43(50)51)30-55-45(31-14-9-8-10-15-31,32-18-22-34(53-4)23-19-32)33-20-24-35(54-5)25-21-33/h8-12,14-26,28,38,40-42H,13,29-30H2,1-7H3,(H2,48,49,51)/t38-,40-,41-,42-,61?/m1/s1. The number of halogens is 1. The molecule has 1 saturated heterocycles. The Kier molecular flexibility index (Phi) is 14.7. The molecule has 5 aromatic rings. The molecule has 0 saturated carbocycles. The van der Waals surface area contributed by atoms with Crippen LogP contribution in [0.4, 0.5) is 5.82 Å². The van der Waals surface area contributed by atoms with Crippen LogP contribution < -0.4 is 25.4 Å². The predicted octanol–water partition coefficient (Wildman–Crippen LogP) is 9.30. The molecule has 328 valence electrons. The van der Waals surface area contributed by atoms with Gasteiger partial charge in [0.2, 0.25) is 0 Å². The lowest BCUT2D eigenvalue weighted by Crippen LogP contribution is -2.50. The van der Waals surface area contributed by atoms with Crippen molar-refractivity contribution in [3.8, 4) is 23.3 Å². The van der Waals surface area contributed by atoms with Crippen molar-refractivity contribution in [3.05, 3.63) is 148 Å². The molecule has 4 aromatic carbocycles. The molecule has 14 nitrogen and oxygen atoms in total. The van der Waals surface area contributed by atoms with Gasteiger partial charge in [-0.25, -0.2) is 9.36 Å². The number of hydrogen-bond acceptors (Lipinski definition) is 13. The number of rotatable bonds is 18.